The first-order chi connectivity index (χ1) is 16.4. The van der Waals surface area contributed by atoms with E-state index in [9.17, 15) is 14.9 Å². The van der Waals surface area contributed by atoms with Crippen LogP contribution in [0.15, 0.2) is 59.8 Å². The first-order valence-corrected chi connectivity index (χ1v) is 10.6. The summed E-state index contributed by atoms with van der Waals surface area (Å²) >= 11 is 6.37. The Morgan fingerprint density at radius 2 is 2.00 bits per heavy atom. The van der Waals surface area contributed by atoms with Crippen LogP contribution in [0.3, 0.4) is 0 Å². The van der Waals surface area contributed by atoms with Crippen molar-refractivity contribution in [1.29, 1.82) is 0 Å². The van der Waals surface area contributed by atoms with Crippen LogP contribution in [-0.2, 0) is 4.79 Å². The summed E-state index contributed by atoms with van der Waals surface area (Å²) in [4.78, 5) is 26.7. The summed E-state index contributed by atoms with van der Waals surface area (Å²) in [5, 5.41) is 18.0. The zero-order valence-corrected chi connectivity index (χ0v) is 19.2. The number of ether oxygens (including phenoxy) is 2. The van der Waals surface area contributed by atoms with Crippen molar-refractivity contribution in [3.63, 3.8) is 0 Å². The monoisotopic (exact) mass is 483 g/mol. The maximum atomic E-state index is 12.3. The van der Waals surface area contributed by atoms with E-state index < -0.39 is 4.92 Å². The maximum Gasteiger partial charge on any atom is 0.313 e. The third-order valence-corrected chi connectivity index (χ3v) is 4.66. The van der Waals surface area contributed by atoms with Crippen LogP contribution in [0.25, 0.3) is 0 Å². The topological polar surface area (TPSA) is 128 Å². The third kappa shape index (κ3) is 6.66. The van der Waals surface area contributed by atoms with E-state index in [0.29, 0.717) is 23.6 Å². The molecule has 1 aromatic heterocycles. The summed E-state index contributed by atoms with van der Waals surface area (Å²) in [5.41, 5.74) is 4.61. The number of hydrogen-bond donors (Lipinski definition) is 2. The van der Waals surface area contributed by atoms with Gasteiger partial charge in [0.15, 0.2) is 18.1 Å². The van der Waals surface area contributed by atoms with Crippen molar-refractivity contribution in [3.8, 4) is 11.5 Å². The zero-order valence-electron chi connectivity index (χ0n) is 18.4. The highest BCUT2D eigenvalue weighted by Crippen LogP contribution is 2.36. The normalized spacial score (nSPS) is 10.7. The van der Waals surface area contributed by atoms with Gasteiger partial charge in [0.05, 0.1) is 22.8 Å². The second-order valence-corrected chi connectivity index (χ2v) is 7.37. The third-order valence-electron chi connectivity index (χ3n) is 4.38. The van der Waals surface area contributed by atoms with Crippen molar-refractivity contribution in [2.24, 2.45) is 5.10 Å². The van der Waals surface area contributed by atoms with Crippen LogP contribution in [0.1, 0.15) is 18.1 Å². The summed E-state index contributed by atoms with van der Waals surface area (Å²) in [6.45, 7) is 3.82. The van der Waals surface area contributed by atoms with Gasteiger partial charge in [0.25, 0.3) is 5.91 Å². The Bertz CT molecular complexity index is 1200. The van der Waals surface area contributed by atoms with E-state index in [-0.39, 0.29) is 34.8 Å². The molecule has 0 radical (unpaired) electrons. The van der Waals surface area contributed by atoms with Gasteiger partial charge in [-0.05, 0) is 49.7 Å². The number of carbonyl (C=O) groups excluding carboxylic acids is 1. The summed E-state index contributed by atoms with van der Waals surface area (Å²) in [7, 11) is 0. The molecule has 1 heterocycles. The SMILES string of the molecule is CCOc1cc(/C=N\Nc2ncccc2[N+](=O)[O-])cc(Cl)c1OCC(=O)Nc1ccc(C)cc1. The molecular weight excluding hydrogens is 462 g/mol. The minimum absolute atomic E-state index is 0.000536. The molecule has 0 saturated heterocycles. The number of hydrazone groups is 1. The van der Waals surface area contributed by atoms with Gasteiger partial charge in [0.1, 0.15) is 0 Å². The molecule has 11 heteroatoms. The van der Waals surface area contributed by atoms with Crippen molar-refractivity contribution in [3.05, 3.63) is 81.0 Å². The van der Waals surface area contributed by atoms with E-state index in [4.69, 9.17) is 21.1 Å². The molecular formula is C23H22ClN5O5. The lowest BCUT2D eigenvalue weighted by molar-refractivity contribution is -0.384. The van der Waals surface area contributed by atoms with Crippen LogP contribution in [0, 0.1) is 17.0 Å². The number of nitrogens with zero attached hydrogens (tertiary/aromatic N) is 3. The van der Waals surface area contributed by atoms with E-state index in [1.54, 1.807) is 31.2 Å². The van der Waals surface area contributed by atoms with Crippen LogP contribution in [-0.4, -0.2) is 35.2 Å². The van der Waals surface area contributed by atoms with E-state index >= 15 is 0 Å². The molecule has 0 spiro atoms. The largest absolute Gasteiger partial charge is 0.490 e. The van der Waals surface area contributed by atoms with Crippen LogP contribution in [0.5, 0.6) is 11.5 Å². The molecule has 0 saturated carbocycles. The fourth-order valence-electron chi connectivity index (χ4n) is 2.84. The number of nitro groups is 1. The van der Waals surface area contributed by atoms with Gasteiger partial charge in [-0.15, -0.1) is 0 Å². The Hall–Kier alpha value is -4.18. The first-order valence-electron chi connectivity index (χ1n) is 10.2. The van der Waals surface area contributed by atoms with E-state index in [1.807, 2.05) is 19.1 Å². The van der Waals surface area contributed by atoms with Crippen LogP contribution >= 0.6 is 11.6 Å². The Kier molecular flexibility index (Phi) is 8.36. The molecule has 176 valence electrons. The summed E-state index contributed by atoms with van der Waals surface area (Å²) in [6, 6.07) is 13.3. The van der Waals surface area contributed by atoms with Crippen molar-refractivity contribution in [2.45, 2.75) is 13.8 Å². The lowest BCUT2D eigenvalue weighted by Crippen LogP contribution is -2.20. The van der Waals surface area contributed by atoms with Gasteiger partial charge in [0, 0.05) is 18.0 Å². The van der Waals surface area contributed by atoms with Crippen LogP contribution in [0.4, 0.5) is 17.2 Å². The molecule has 0 fully saturated rings. The second-order valence-electron chi connectivity index (χ2n) is 6.96. The number of aryl methyl sites for hydroxylation is 1. The molecule has 34 heavy (non-hydrogen) atoms. The predicted molar refractivity (Wildman–Crippen MR) is 130 cm³/mol. The Balaban J connectivity index is 1.70. The standard InChI is InChI=1S/C23H22ClN5O5/c1-3-33-20-12-16(13-26-28-23-19(29(31)32)5-4-10-25-23)11-18(24)22(20)34-14-21(30)27-17-8-6-15(2)7-9-17/h4-13H,3,14H2,1-2H3,(H,25,28)(H,27,30)/b26-13-. The number of pyridine rings is 1. The van der Waals surface area contributed by atoms with Crippen molar-refractivity contribution in [1.82, 2.24) is 4.98 Å². The minimum atomic E-state index is -0.559. The summed E-state index contributed by atoms with van der Waals surface area (Å²) < 4.78 is 11.2. The average molecular weight is 484 g/mol. The van der Waals surface area contributed by atoms with Gasteiger partial charge < -0.3 is 14.8 Å². The van der Waals surface area contributed by atoms with Crippen LogP contribution < -0.4 is 20.2 Å². The maximum absolute atomic E-state index is 12.3. The summed E-state index contributed by atoms with van der Waals surface area (Å²) in [5.74, 6) is 0.185. The molecule has 0 atom stereocenters. The van der Waals surface area contributed by atoms with Gasteiger partial charge in [-0.25, -0.2) is 4.98 Å². The van der Waals surface area contributed by atoms with E-state index in [0.717, 1.165) is 5.56 Å². The Morgan fingerprint density at radius 3 is 2.71 bits per heavy atom. The smallest absolute Gasteiger partial charge is 0.313 e. The number of aromatic nitrogens is 1. The van der Waals surface area contributed by atoms with E-state index in [2.05, 4.69) is 20.8 Å². The van der Waals surface area contributed by atoms with Gasteiger partial charge in [-0.2, -0.15) is 5.10 Å². The molecule has 0 aliphatic carbocycles. The average Bonchev–Trinajstić information content (AvgIpc) is 2.80. The summed E-state index contributed by atoms with van der Waals surface area (Å²) in [6.07, 6.45) is 2.82. The minimum Gasteiger partial charge on any atom is -0.490 e. The van der Waals surface area contributed by atoms with Crippen molar-refractivity contribution >= 4 is 40.9 Å². The quantitative estimate of drug-likeness (QED) is 0.240. The molecule has 2 aromatic carbocycles. The molecule has 0 aliphatic rings. The van der Waals surface area contributed by atoms with E-state index in [1.165, 1.54) is 24.5 Å². The van der Waals surface area contributed by atoms with Crippen LogP contribution in [0.2, 0.25) is 5.02 Å². The Morgan fingerprint density at radius 1 is 1.24 bits per heavy atom. The van der Waals surface area contributed by atoms with Gasteiger partial charge in [-0.1, -0.05) is 29.3 Å². The van der Waals surface area contributed by atoms with Gasteiger partial charge in [-0.3, -0.25) is 20.3 Å². The number of anilines is 2. The molecule has 0 aliphatic heterocycles. The molecule has 0 unspecified atom stereocenters. The number of halogens is 1. The second kappa shape index (κ2) is 11.6. The zero-order chi connectivity index (χ0) is 24.5. The molecule has 10 nitrogen and oxygen atoms in total. The number of amides is 1. The number of rotatable bonds is 10. The Labute approximate surface area is 200 Å². The van der Waals surface area contributed by atoms with Crippen molar-refractivity contribution in [2.75, 3.05) is 24.0 Å². The number of carbonyl (C=O) groups is 1. The first kappa shape index (κ1) is 24.5. The molecule has 2 N–H and O–H groups in total. The lowest BCUT2D eigenvalue weighted by Gasteiger charge is -2.14. The highest BCUT2D eigenvalue weighted by atomic mass is 35.5. The highest BCUT2D eigenvalue weighted by Gasteiger charge is 2.15. The lowest BCUT2D eigenvalue weighted by atomic mass is 10.2. The van der Waals surface area contributed by atoms with Gasteiger partial charge in [0.2, 0.25) is 5.82 Å². The molecule has 0 bridgehead atoms. The fourth-order valence-corrected chi connectivity index (χ4v) is 3.11. The highest BCUT2D eigenvalue weighted by molar-refractivity contribution is 6.32. The predicted octanol–water partition coefficient (Wildman–Crippen LogP) is 4.81. The number of benzene rings is 2. The number of nitrogens with one attached hydrogen (secondary N) is 2. The van der Waals surface area contributed by atoms with Gasteiger partial charge >= 0.3 is 5.69 Å². The van der Waals surface area contributed by atoms with Crippen molar-refractivity contribution < 1.29 is 19.2 Å². The molecule has 3 rings (SSSR count). The number of hydrogen-bond acceptors (Lipinski definition) is 8. The molecule has 3 aromatic rings. The fraction of sp³-hybridized carbons (Fsp3) is 0.174. The molecule has 1 amide bonds.